The van der Waals surface area contributed by atoms with Gasteiger partial charge in [-0.2, -0.15) is 0 Å². The van der Waals surface area contributed by atoms with Gasteiger partial charge in [0.1, 0.15) is 5.75 Å². The Labute approximate surface area is 149 Å². The molecule has 1 aliphatic rings. The summed E-state index contributed by atoms with van der Waals surface area (Å²) in [6.45, 7) is 3.74. The first kappa shape index (κ1) is 20.0. The van der Waals surface area contributed by atoms with Crippen LogP contribution in [0.1, 0.15) is 19.8 Å². The quantitative estimate of drug-likeness (QED) is 0.738. The fourth-order valence-corrected chi connectivity index (χ4v) is 2.87. The second-order valence-corrected chi connectivity index (χ2v) is 6.07. The maximum atomic E-state index is 12.1. The number of rotatable bonds is 6. The van der Waals surface area contributed by atoms with Crippen molar-refractivity contribution < 1.29 is 37.1 Å². The second kappa shape index (κ2) is 8.88. The van der Waals surface area contributed by atoms with Gasteiger partial charge >= 0.3 is 12.3 Å². The van der Waals surface area contributed by atoms with Crippen molar-refractivity contribution in [2.75, 3.05) is 31.6 Å². The summed E-state index contributed by atoms with van der Waals surface area (Å²) in [5, 5.41) is 2.65. The van der Waals surface area contributed by atoms with Gasteiger partial charge in [0.15, 0.2) is 6.54 Å². The number of benzene rings is 1. The number of nitrogens with one attached hydrogen (secondary N) is 2. The Balaban J connectivity index is 1.76. The number of esters is 1. The number of carbonyl (C=O) groups is 2. The molecule has 1 amide bonds. The van der Waals surface area contributed by atoms with Crippen molar-refractivity contribution in [3.8, 4) is 5.75 Å². The molecule has 2 rings (SSSR count). The third kappa shape index (κ3) is 6.55. The van der Waals surface area contributed by atoms with Crippen LogP contribution in [0, 0.1) is 5.92 Å². The van der Waals surface area contributed by atoms with Crippen molar-refractivity contribution in [2.24, 2.45) is 5.92 Å². The Hall–Kier alpha value is -2.29. The minimum Gasteiger partial charge on any atom is -0.466 e. The first-order valence-corrected chi connectivity index (χ1v) is 8.42. The lowest BCUT2D eigenvalue weighted by molar-refractivity contribution is -0.897. The number of amides is 1. The zero-order chi connectivity index (χ0) is 19.2. The van der Waals surface area contributed by atoms with E-state index in [0.29, 0.717) is 38.2 Å². The summed E-state index contributed by atoms with van der Waals surface area (Å²) >= 11 is 0. The lowest BCUT2D eigenvalue weighted by Gasteiger charge is -2.27. The van der Waals surface area contributed by atoms with Crippen LogP contribution in [0.2, 0.25) is 0 Å². The van der Waals surface area contributed by atoms with E-state index in [9.17, 15) is 22.8 Å². The first-order valence-electron chi connectivity index (χ1n) is 8.42. The molecule has 0 aliphatic carbocycles. The molecule has 2 N–H and O–H groups in total. The van der Waals surface area contributed by atoms with E-state index in [1.807, 2.05) is 0 Å². The van der Waals surface area contributed by atoms with Crippen LogP contribution in [-0.2, 0) is 14.3 Å². The van der Waals surface area contributed by atoms with Crippen LogP contribution in [0.4, 0.5) is 18.9 Å². The lowest BCUT2D eigenvalue weighted by atomic mass is 9.97. The number of carbonyl (C=O) groups excluding carboxylic acids is 2. The highest BCUT2D eigenvalue weighted by Crippen LogP contribution is 2.23. The number of quaternary nitrogens is 1. The van der Waals surface area contributed by atoms with E-state index in [0.717, 1.165) is 17.0 Å². The fourth-order valence-electron chi connectivity index (χ4n) is 2.87. The fraction of sp³-hybridized carbons (Fsp3) is 0.529. The average Bonchev–Trinajstić information content (AvgIpc) is 2.56. The van der Waals surface area contributed by atoms with E-state index in [-0.39, 0.29) is 30.1 Å². The van der Waals surface area contributed by atoms with Crippen molar-refractivity contribution in [1.29, 1.82) is 0 Å². The van der Waals surface area contributed by atoms with Gasteiger partial charge in [-0.05, 0) is 31.2 Å². The number of hydrogen-bond donors (Lipinski definition) is 2. The zero-order valence-corrected chi connectivity index (χ0v) is 14.4. The molecule has 0 saturated carbocycles. The third-order valence-electron chi connectivity index (χ3n) is 4.09. The molecule has 1 aromatic carbocycles. The predicted octanol–water partition coefficient (Wildman–Crippen LogP) is 1.38. The Morgan fingerprint density at radius 3 is 2.35 bits per heavy atom. The topological polar surface area (TPSA) is 69.1 Å². The van der Waals surface area contributed by atoms with Crippen LogP contribution < -0.4 is 15.0 Å². The van der Waals surface area contributed by atoms with Gasteiger partial charge in [0.05, 0.1) is 25.6 Å². The zero-order valence-electron chi connectivity index (χ0n) is 14.4. The molecular weight excluding hydrogens is 353 g/mol. The molecule has 1 heterocycles. The minimum atomic E-state index is -4.75. The Morgan fingerprint density at radius 1 is 1.19 bits per heavy atom. The number of likely N-dealkylation sites (tertiary alicyclic amines) is 1. The summed E-state index contributed by atoms with van der Waals surface area (Å²) in [5.74, 6) is -0.874. The van der Waals surface area contributed by atoms with E-state index < -0.39 is 6.36 Å². The van der Waals surface area contributed by atoms with E-state index in [1.54, 1.807) is 6.92 Å². The maximum Gasteiger partial charge on any atom is 0.573 e. The lowest BCUT2D eigenvalue weighted by Crippen LogP contribution is -3.14. The summed E-state index contributed by atoms with van der Waals surface area (Å²) in [6, 6.07) is 4.98. The Bertz CT molecular complexity index is 611. The standard InChI is InChI=1S/C17H21F3N2O4/c1-2-25-16(24)12-7-9-22(10-8-12)11-15(23)21-13-3-5-14(6-4-13)26-17(18,19)20/h3-6,12H,2,7-11H2,1H3,(H,21,23)/p+1. The maximum absolute atomic E-state index is 12.1. The van der Waals surface area contributed by atoms with Gasteiger partial charge in [0.2, 0.25) is 0 Å². The molecule has 6 nitrogen and oxygen atoms in total. The SMILES string of the molecule is CCOC(=O)C1CC[NH+](CC(=O)Nc2ccc(OC(F)(F)F)cc2)CC1. The molecule has 0 atom stereocenters. The molecule has 1 aromatic rings. The number of anilines is 1. The highest BCUT2D eigenvalue weighted by atomic mass is 19.4. The summed E-state index contributed by atoms with van der Waals surface area (Å²) in [4.78, 5) is 24.8. The predicted molar refractivity (Wildman–Crippen MR) is 86.7 cm³/mol. The molecule has 0 unspecified atom stereocenters. The van der Waals surface area contributed by atoms with Crippen LogP contribution in [-0.4, -0.2) is 44.5 Å². The summed E-state index contributed by atoms with van der Waals surface area (Å²) in [7, 11) is 0. The third-order valence-corrected chi connectivity index (χ3v) is 4.09. The van der Waals surface area contributed by atoms with Crippen molar-refractivity contribution >= 4 is 17.6 Å². The molecule has 0 aromatic heterocycles. The minimum absolute atomic E-state index is 0.108. The monoisotopic (exact) mass is 375 g/mol. The van der Waals surface area contributed by atoms with Crippen molar-refractivity contribution in [1.82, 2.24) is 0 Å². The molecule has 0 bridgehead atoms. The second-order valence-electron chi connectivity index (χ2n) is 6.07. The summed E-state index contributed by atoms with van der Waals surface area (Å²) in [5.41, 5.74) is 0.394. The van der Waals surface area contributed by atoms with Gasteiger partial charge in [-0.25, -0.2) is 0 Å². The number of halogens is 3. The van der Waals surface area contributed by atoms with Crippen molar-refractivity contribution in [3.63, 3.8) is 0 Å². The van der Waals surface area contributed by atoms with Crippen LogP contribution in [0.3, 0.4) is 0 Å². The van der Waals surface area contributed by atoms with E-state index in [2.05, 4.69) is 10.1 Å². The summed E-state index contributed by atoms with van der Waals surface area (Å²) < 4.78 is 45.1. The van der Waals surface area contributed by atoms with E-state index >= 15 is 0 Å². The van der Waals surface area contributed by atoms with Crippen LogP contribution in [0.25, 0.3) is 0 Å². The number of ether oxygens (including phenoxy) is 2. The molecule has 1 aliphatic heterocycles. The van der Waals surface area contributed by atoms with E-state index in [4.69, 9.17) is 4.74 Å². The molecule has 144 valence electrons. The van der Waals surface area contributed by atoms with E-state index in [1.165, 1.54) is 12.1 Å². The van der Waals surface area contributed by atoms with Crippen LogP contribution in [0.5, 0.6) is 5.75 Å². The largest absolute Gasteiger partial charge is 0.573 e. The van der Waals surface area contributed by atoms with Gasteiger partial charge in [-0.15, -0.1) is 13.2 Å². The molecule has 0 spiro atoms. The Kier molecular flexibility index (Phi) is 6.84. The smallest absolute Gasteiger partial charge is 0.466 e. The highest BCUT2D eigenvalue weighted by Gasteiger charge is 2.31. The molecule has 1 saturated heterocycles. The van der Waals surface area contributed by atoms with Gasteiger partial charge < -0.3 is 19.7 Å². The first-order chi connectivity index (χ1) is 12.3. The number of alkyl halides is 3. The Morgan fingerprint density at radius 2 is 1.81 bits per heavy atom. The van der Waals surface area contributed by atoms with Crippen LogP contribution >= 0.6 is 0 Å². The van der Waals surface area contributed by atoms with Gasteiger partial charge in [0.25, 0.3) is 5.91 Å². The normalized spacial score (nSPS) is 20.3. The molecule has 26 heavy (non-hydrogen) atoms. The molecular formula is C17H22F3N2O4+. The molecule has 0 radical (unpaired) electrons. The van der Waals surface area contributed by atoms with Crippen molar-refractivity contribution in [2.45, 2.75) is 26.1 Å². The van der Waals surface area contributed by atoms with Gasteiger partial charge in [0, 0.05) is 18.5 Å². The van der Waals surface area contributed by atoms with Crippen molar-refractivity contribution in [3.05, 3.63) is 24.3 Å². The molecule has 9 heteroatoms. The number of piperidine rings is 1. The van der Waals surface area contributed by atoms with Gasteiger partial charge in [-0.3, -0.25) is 9.59 Å². The number of hydrogen-bond acceptors (Lipinski definition) is 4. The average molecular weight is 375 g/mol. The van der Waals surface area contributed by atoms with Gasteiger partial charge in [-0.1, -0.05) is 0 Å². The molecule has 1 fully saturated rings. The highest BCUT2D eigenvalue weighted by molar-refractivity contribution is 5.91. The summed E-state index contributed by atoms with van der Waals surface area (Å²) in [6.07, 6.45) is -3.40. The van der Waals surface area contributed by atoms with Crippen LogP contribution in [0.15, 0.2) is 24.3 Å².